The van der Waals surface area contributed by atoms with E-state index in [0.29, 0.717) is 12.5 Å². The van der Waals surface area contributed by atoms with E-state index in [1.54, 1.807) is 7.11 Å². The summed E-state index contributed by atoms with van der Waals surface area (Å²) in [5.41, 5.74) is 4.97. The van der Waals surface area contributed by atoms with Gasteiger partial charge in [0.15, 0.2) is 5.82 Å². The molecular weight excluding hydrogens is 426 g/mol. The lowest BCUT2D eigenvalue weighted by atomic mass is 9.90. The molecule has 6 rings (SSSR count). The first-order chi connectivity index (χ1) is 16.5. The molecule has 5 heterocycles. The molecule has 176 valence electrons. The van der Waals surface area contributed by atoms with Gasteiger partial charge in [0.2, 0.25) is 0 Å². The molecule has 1 aliphatic heterocycles. The highest BCUT2D eigenvalue weighted by Gasteiger charge is 2.30. The van der Waals surface area contributed by atoms with E-state index in [1.807, 2.05) is 24.7 Å². The van der Waals surface area contributed by atoms with E-state index >= 15 is 0 Å². The molecule has 0 radical (unpaired) electrons. The zero-order chi connectivity index (χ0) is 23.3. The minimum atomic E-state index is -0.161. The maximum absolute atomic E-state index is 5.46. The topological polar surface area (TPSA) is 91.8 Å². The number of nitrogens with one attached hydrogen (secondary N) is 2. The number of H-pyrrole nitrogens is 1. The van der Waals surface area contributed by atoms with Crippen LogP contribution in [0.1, 0.15) is 43.9 Å². The number of methoxy groups -OCH3 is 1. The summed E-state index contributed by atoms with van der Waals surface area (Å²) in [6.45, 7) is 8.73. The van der Waals surface area contributed by atoms with E-state index in [1.165, 1.54) is 23.8 Å². The van der Waals surface area contributed by atoms with Crippen LogP contribution < -0.4 is 10.2 Å². The van der Waals surface area contributed by atoms with E-state index in [-0.39, 0.29) is 5.41 Å². The van der Waals surface area contributed by atoms with Crippen molar-refractivity contribution in [2.75, 3.05) is 44.8 Å². The maximum Gasteiger partial charge on any atom is 0.163 e. The molecule has 8 heteroatoms. The van der Waals surface area contributed by atoms with Crippen molar-refractivity contribution in [1.29, 1.82) is 0 Å². The first kappa shape index (κ1) is 21.4. The number of piperazine rings is 1. The summed E-state index contributed by atoms with van der Waals surface area (Å²) in [4.78, 5) is 25.3. The molecule has 0 unspecified atom stereocenters. The van der Waals surface area contributed by atoms with Gasteiger partial charge in [0.05, 0.1) is 18.3 Å². The van der Waals surface area contributed by atoms with Crippen LogP contribution in [0.5, 0.6) is 0 Å². The number of aromatic amines is 1. The number of ether oxygens (including phenoxy) is 1. The average molecular weight is 458 g/mol. The lowest BCUT2D eigenvalue weighted by Crippen LogP contribution is -2.44. The average Bonchev–Trinajstić information content (AvgIpc) is 3.60. The Kier molecular flexibility index (Phi) is 5.22. The minimum Gasteiger partial charge on any atom is -0.384 e. The van der Waals surface area contributed by atoms with Crippen molar-refractivity contribution in [2.24, 2.45) is 0 Å². The molecule has 0 amide bonds. The van der Waals surface area contributed by atoms with Gasteiger partial charge < -0.3 is 19.9 Å². The van der Waals surface area contributed by atoms with Crippen LogP contribution in [0.15, 0.2) is 30.7 Å². The van der Waals surface area contributed by atoms with Crippen molar-refractivity contribution in [3.05, 3.63) is 42.0 Å². The molecule has 2 N–H and O–H groups in total. The fourth-order valence-electron chi connectivity index (χ4n) is 5.04. The van der Waals surface area contributed by atoms with Crippen LogP contribution in [0.2, 0.25) is 0 Å². The predicted molar refractivity (Wildman–Crippen MR) is 134 cm³/mol. The fraction of sp³-hybridized carbons (Fsp3) is 0.462. The molecule has 8 nitrogen and oxygen atoms in total. The molecule has 1 saturated heterocycles. The molecule has 0 bridgehead atoms. The molecule has 0 atom stereocenters. The van der Waals surface area contributed by atoms with Crippen LogP contribution >= 0.6 is 0 Å². The summed E-state index contributed by atoms with van der Waals surface area (Å²) in [6.07, 6.45) is 8.18. The number of rotatable bonds is 6. The first-order valence-corrected chi connectivity index (χ1v) is 12.1. The van der Waals surface area contributed by atoms with Crippen LogP contribution in [-0.4, -0.2) is 64.8 Å². The van der Waals surface area contributed by atoms with Gasteiger partial charge in [-0.3, -0.25) is 4.98 Å². The summed E-state index contributed by atoms with van der Waals surface area (Å²) < 4.78 is 5.46. The number of nitrogens with zero attached hydrogens (tertiary/aromatic N) is 5. The van der Waals surface area contributed by atoms with Gasteiger partial charge in [-0.05, 0) is 36.5 Å². The number of hydrogen-bond donors (Lipinski definition) is 2. The Morgan fingerprint density at radius 3 is 2.74 bits per heavy atom. The largest absolute Gasteiger partial charge is 0.384 e. The molecular formula is C26H31N7O. The molecule has 1 saturated carbocycles. The molecule has 4 aromatic rings. The third kappa shape index (κ3) is 3.71. The minimum absolute atomic E-state index is 0.161. The van der Waals surface area contributed by atoms with Crippen molar-refractivity contribution < 1.29 is 4.74 Å². The number of pyridine rings is 2. The standard InChI is InChI=1S/C26H31N7O/c1-26(2,15-34-3)21-12-18-17(6-7-29-23(18)31-21)24-30-20-14-28-13-19(16-4-5-16)22(20)25(32-24)33-10-8-27-9-11-33/h6-7,12-14,16,27H,4-5,8-11,15H2,1-3H3,(H,29,31). The quantitative estimate of drug-likeness (QED) is 0.455. The number of hydrogen-bond acceptors (Lipinski definition) is 7. The van der Waals surface area contributed by atoms with E-state index < -0.39 is 0 Å². The predicted octanol–water partition coefficient (Wildman–Crippen LogP) is 3.78. The van der Waals surface area contributed by atoms with Gasteiger partial charge in [-0.25, -0.2) is 15.0 Å². The van der Waals surface area contributed by atoms with Crippen LogP contribution in [0.25, 0.3) is 33.3 Å². The van der Waals surface area contributed by atoms with Crippen LogP contribution in [0, 0.1) is 0 Å². The monoisotopic (exact) mass is 457 g/mol. The normalized spacial score (nSPS) is 17.1. The van der Waals surface area contributed by atoms with Crippen LogP contribution in [0.4, 0.5) is 5.82 Å². The highest BCUT2D eigenvalue weighted by molar-refractivity contribution is 5.97. The maximum atomic E-state index is 5.46. The Morgan fingerprint density at radius 2 is 1.97 bits per heavy atom. The van der Waals surface area contributed by atoms with Gasteiger partial charge in [-0.1, -0.05) is 13.8 Å². The Bertz CT molecular complexity index is 1350. The molecule has 34 heavy (non-hydrogen) atoms. The van der Waals surface area contributed by atoms with E-state index in [4.69, 9.17) is 14.7 Å². The summed E-state index contributed by atoms with van der Waals surface area (Å²) in [7, 11) is 1.73. The Morgan fingerprint density at radius 1 is 1.15 bits per heavy atom. The van der Waals surface area contributed by atoms with Gasteiger partial charge in [0.1, 0.15) is 11.5 Å². The van der Waals surface area contributed by atoms with E-state index in [0.717, 1.165) is 65.6 Å². The highest BCUT2D eigenvalue weighted by atomic mass is 16.5. The van der Waals surface area contributed by atoms with E-state index in [9.17, 15) is 0 Å². The summed E-state index contributed by atoms with van der Waals surface area (Å²) in [6, 6.07) is 4.19. The smallest absolute Gasteiger partial charge is 0.163 e. The summed E-state index contributed by atoms with van der Waals surface area (Å²) >= 11 is 0. The Balaban J connectivity index is 1.54. The summed E-state index contributed by atoms with van der Waals surface area (Å²) in [5.74, 6) is 2.33. The zero-order valence-corrected chi connectivity index (χ0v) is 20.1. The molecule has 4 aromatic heterocycles. The Hall–Kier alpha value is -3.10. The molecule has 0 aromatic carbocycles. The van der Waals surface area contributed by atoms with Gasteiger partial charge in [-0.2, -0.15) is 0 Å². The lowest BCUT2D eigenvalue weighted by Gasteiger charge is -2.30. The van der Waals surface area contributed by atoms with Crippen LogP contribution in [-0.2, 0) is 10.2 Å². The highest BCUT2D eigenvalue weighted by Crippen LogP contribution is 2.45. The second-order valence-electron chi connectivity index (χ2n) is 10.1. The van der Waals surface area contributed by atoms with Crippen molar-refractivity contribution >= 4 is 27.8 Å². The summed E-state index contributed by atoms with van der Waals surface area (Å²) in [5, 5.41) is 5.66. The molecule has 0 spiro atoms. The van der Waals surface area contributed by atoms with Crippen molar-refractivity contribution in [3.8, 4) is 11.4 Å². The molecule has 2 fully saturated rings. The number of fused-ring (bicyclic) bond motifs is 2. The van der Waals surface area contributed by atoms with Crippen molar-refractivity contribution in [3.63, 3.8) is 0 Å². The van der Waals surface area contributed by atoms with E-state index in [2.05, 4.69) is 45.1 Å². The third-order valence-electron chi connectivity index (χ3n) is 7.06. The van der Waals surface area contributed by atoms with Gasteiger partial charge in [0.25, 0.3) is 0 Å². The zero-order valence-electron chi connectivity index (χ0n) is 20.1. The second-order valence-corrected chi connectivity index (χ2v) is 10.1. The molecule has 1 aliphatic carbocycles. The van der Waals surface area contributed by atoms with Gasteiger partial charge in [0, 0.05) is 73.1 Å². The lowest BCUT2D eigenvalue weighted by molar-refractivity contribution is 0.145. The third-order valence-corrected chi connectivity index (χ3v) is 7.06. The van der Waals surface area contributed by atoms with Crippen LogP contribution in [0.3, 0.4) is 0 Å². The van der Waals surface area contributed by atoms with Gasteiger partial charge >= 0.3 is 0 Å². The fourth-order valence-corrected chi connectivity index (χ4v) is 5.04. The van der Waals surface area contributed by atoms with Crippen molar-refractivity contribution in [2.45, 2.75) is 38.0 Å². The second kappa shape index (κ2) is 8.29. The molecule has 2 aliphatic rings. The number of anilines is 1. The first-order valence-electron chi connectivity index (χ1n) is 12.1. The van der Waals surface area contributed by atoms with Crippen molar-refractivity contribution in [1.82, 2.24) is 30.2 Å². The number of aromatic nitrogens is 5. The Labute approximate surface area is 199 Å². The van der Waals surface area contributed by atoms with Gasteiger partial charge in [-0.15, -0.1) is 0 Å². The SMILES string of the molecule is COCC(C)(C)c1cc2c(-c3nc(N4CCNCC4)c4c(C5CC5)cncc4n3)ccnc2[nH]1.